The smallest absolute Gasteiger partial charge is 0.249 e. The highest BCUT2D eigenvalue weighted by Gasteiger charge is 2.05. The molecule has 3 aromatic heterocycles. The molecule has 0 aliphatic heterocycles. The van der Waals surface area contributed by atoms with Gasteiger partial charge in [0, 0.05) is 30.2 Å². The van der Waals surface area contributed by atoms with Crippen molar-refractivity contribution in [3.63, 3.8) is 0 Å². The van der Waals surface area contributed by atoms with E-state index in [0.717, 1.165) is 22.4 Å². The minimum absolute atomic E-state index is 0.170. The molecule has 0 atom stereocenters. The second kappa shape index (κ2) is 4.97. The number of hydrogen-bond donors (Lipinski definition) is 2. The van der Waals surface area contributed by atoms with Crippen molar-refractivity contribution in [2.75, 3.05) is 5.73 Å². The van der Waals surface area contributed by atoms with E-state index in [2.05, 4.69) is 15.0 Å². The molecule has 5 heteroatoms. The Hall–Kier alpha value is -2.95. The maximum absolute atomic E-state index is 11.8. The van der Waals surface area contributed by atoms with Crippen LogP contribution in [0.15, 0.2) is 59.8 Å². The molecule has 0 saturated heterocycles. The molecular formula is C15H12N4O. The molecule has 20 heavy (non-hydrogen) atoms. The average molecular weight is 264 g/mol. The fourth-order valence-electron chi connectivity index (χ4n) is 2.02. The van der Waals surface area contributed by atoms with Gasteiger partial charge in [0.2, 0.25) is 5.56 Å². The summed E-state index contributed by atoms with van der Waals surface area (Å²) >= 11 is 0. The van der Waals surface area contributed by atoms with Crippen LogP contribution in [0.1, 0.15) is 0 Å². The van der Waals surface area contributed by atoms with Crippen molar-refractivity contribution in [1.29, 1.82) is 0 Å². The molecule has 0 bridgehead atoms. The Morgan fingerprint density at radius 3 is 2.65 bits per heavy atom. The standard InChI is InChI=1S/C15H12N4O/c16-14-7-10(3-5-18-14)12-6-13(19-15(20)8-12)11-2-1-4-17-9-11/h1-9H,(H2,16,18)(H,19,20). The van der Waals surface area contributed by atoms with Crippen LogP contribution in [0.5, 0.6) is 0 Å². The van der Waals surface area contributed by atoms with Crippen LogP contribution in [-0.4, -0.2) is 15.0 Å². The maximum atomic E-state index is 11.8. The maximum Gasteiger partial charge on any atom is 0.249 e. The van der Waals surface area contributed by atoms with Gasteiger partial charge in [0.1, 0.15) is 5.82 Å². The Kier molecular flexibility index (Phi) is 3.01. The summed E-state index contributed by atoms with van der Waals surface area (Å²) in [5.41, 5.74) is 8.73. The van der Waals surface area contributed by atoms with E-state index in [-0.39, 0.29) is 5.56 Å². The van der Waals surface area contributed by atoms with Gasteiger partial charge in [-0.05, 0) is 41.5 Å². The van der Waals surface area contributed by atoms with Crippen LogP contribution in [0, 0.1) is 0 Å². The minimum atomic E-state index is -0.170. The minimum Gasteiger partial charge on any atom is -0.384 e. The molecule has 3 heterocycles. The average Bonchev–Trinajstić information content (AvgIpc) is 2.47. The van der Waals surface area contributed by atoms with Gasteiger partial charge >= 0.3 is 0 Å². The van der Waals surface area contributed by atoms with Gasteiger partial charge in [-0.3, -0.25) is 9.78 Å². The summed E-state index contributed by atoms with van der Waals surface area (Å²) in [7, 11) is 0. The van der Waals surface area contributed by atoms with Crippen LogP contribution in [0.2, 0.25) is 0 Å². The lowest BCUT2D eigenvalue weighted by molar-refractivity contribution is 1.22. The summed E-state index contributed by atoms with van der Waals surface area (Å²) in [6.07, 6.45) is 5.01. The number of nitrogens with one attached hydrogen (secondary N) is 1. The quantitative estimate of drug-likeness (QED) is 0.742. The van der Waals surface area contributed by atoms with Gasteiger partial charge in [-0.2, -0.15) is 0 Å². The van der Waals surface area contributed by atoms with E-state index in [1.807, 2.05) is 24.3 Å². The molecule has 0 spiro atoms. The molecular weight excluding hydrogens is 252 g/mol. The van der Waals surface area contributed by atoms with Crippen LogP contribution in [0.4, 0.5) is 5.82 Å². The summed E-state index contributed by atoms with van der Waals surface area (Å²) in [4.78, 5) is 22.6. The number of nitrogens with two attached hydrogens (primary N) is 1. The lowest BCUT2D eigenvalue weighted by atomic mass is 10.1. The molecule has 0 fully saturated rings. The molecule has 5 nitrogen and oxygen atoms in total. The van der Waals surface area contributed by atoms with Crippen molar-refractivity contribution in [3.05, 3.63) is 65.3 Å². The number of aromatic amines is 1. The Morgan fingerprint density at radius 2 is 1.90 bits per heavy atom. The second-order valence-electron chi connectivity index (χ2n) is 4.36. The number of hydrogen-bond acceptors (Lipinski definition) is 4. The number of pyridine rings is 3. The van der Waals surface area contributed by atoms with E-state index in [1.165, 1.54) is 6.07 Å². The number of rotatable bonds is 2. The predicted octanol–water partition coefficient (Wildman–Crippen LogP) is 2.08. The van der Waals surface area contributed by atoms with Gasteiger partial charge in [0.05, 0.1) is 5.69 Å². The van der Waals surface area contributed by atoms with Gasteiger partial charge in [-0.15, -0.1) is 0 Å². The Balaban J connectivity index is 2.15. The van der Waals surface area contributed by atoms with Crippen molar-refractivity contribution in [1.82, 2.24) is 15.0 Å². The molecule has 0 radical (unpaired) electrons. The fourth-order valence-corrected chi connectivity index (χ4v) is 2.02. The van der Waals surface area contributed by atoms with E-state index in [9.17, 15) is 4.79 Å². The van der Waals surface area contributed by atoms with Gasteiger partial charge in [0.25, 0.3) is 0 Å². The molecule has 0 aliphatic rings. The van der Waals surface area contributed by atoms with Gasteiger partial charge < -0.3 is 10.7 Å². The van der Waals surface area contributed by atoms with E-state index in [1.54, 1.807) is 24.7 Å². The topological polar surface area (TPSA) is 84.7 Å². The summed E-state index contributed by atoms with van der Waals surface area (Å²) in [6, 6.07) is 10.7. The van der Waals surface area contributed by atoms with Crippen molar-refractivity contribution in [3.8, 4) is 22.4 Å². The lowest BCUT2D eigenvalue weighted by Gasteiger charge is -2.06. The van der Waals surface area contributed by atoms with Gasteiger partial charge in [-0.25, -0.2) is 4.98 Å². The number of H-pyrrole nitrogens is 1. The SMILES string of the molecule is Nc1cc(-c2cc(-c3cccnc3)[nH]c(=O)c2)ccn1. The number of aromatic nitrogens is 3. The van der Waals surface area contributed by atoms with E-state index in [0.29, 0.717) is 5.82 Å². The number of nitrogens with zero attached hydrogens (tertiary/aromatic N) is 2. The van der Waals surface area contributed by atoms with Crippen LogP contribution in [-0.2, 0) is 0 Å². The van der Waals surface area contributed by atoms with Crippen LogP contribution in [0.25, 0.3) is 22.4 Å². The molecule has 0 aromatic carbocycles. The van der Waals surface area contributed by atoms with Crippen LogP contribution < -0.4 is 11.3 Å². The number of anilines is 1. The summed E-state index contributed by atoms with van der Waals surface area (Å²) in [5.74, 6) is 0.422. The third-order valence-electron chi connectivity index (χ3n) is 2.93. The van der Waals surface area contributed by atoms with Crippen molar-refractivity contribution in [2.24, 2.45) is 0 Å². The fraction of sp³-hybridized carbons (Fsp3) is 0. The molecule has 0 unspecified atom stereocenters. The normalized spacial score (nSPS) is 10.4. The van der Waals surface area contributed by atoms with Crippen molar-refractivity contribution < 1.29 is 0 Å². The first-order valence-electron chi connectivity index (χ1n) is 6.09. The summed E-state index contributed by atoms with van der Waals surface area (Å²) in [6.45, 7) is 0. The van der Waals surface area contributed by atoms with Crippen molar-refractivity contribution in [2.45, 2.75) is 0 Å². The highest BCUT2D eigenvalue weighted by molar-refractivity contribution is 5.71. The largest absolute Gasteiger partial charge is 0.384 e. The van der Waals surface area contributed by atoms with Gasteiger partial charge in [-0.1, -0.05) is 0 Å². The Labute approximate surface area is 115 Å². The molecule has 98 valence electrons. The Morgan fingerprint density at radius 1 is 1.00 bits per heavy atom. The third kappa shape index (κ3) is 2.42. The first-order valence-corrected chi connectivity index (χ1v) is 6.09. The first-order chi connectivity index (χ1) is 9.72. The molecule has 3 rings (SSSR count). The van der Waals surface area contributed by atoms with E-state index >= 15 is 0 Å². The zero-order chi connectivity index (χ0) is 13.9. The zero-order valence-electron chi connectivity index (χ0n) is 10.6. The highest BCUT2D eigenvalue weighted by Crippen LogP contribution is 2.23. The lowest BCUT2D eigenvalue weighted by Crippen LogP contribution is -2.06. The third-order valence-corrected chi connectivity index (χ3v) is 2.93. The number of nitrogen functional groups attached to an aromatic ring is 1. The predicted molar refractivity (Wildman–Crippen MR) is 77.9 cm³/mol. The molecule has 0 amide bonds. The van der Waals surface area contributed by atoms with E-state index < -0.39 is 0 Å². The molecule has 3 N–H and O–H groups in total. The monoisotopic (exact) mass is 264 g/mol. The summed E-state index contributed by atoms with van der Waals surface area (Å²) in [5, 5.41) is 0. The molecule has 0 aliphatic carbocycles. The highest BCUT2D eigenvalue weighted by atomic mass is 16.1. The zero-order valence-corrected chi connectivity index (χ0v) is 10.6. The van der Waals surface area contributed by atoms with Crippen molar-refractivity contribution >= 4 is 5.82 Å². The Bertz CT molecular complexity index is 796. The van der Waals surface area contributed by atoms with Gasteiger partial charge in [0.15, 0.2) is 0 Å². The van der Waals surface area contributed by atoms with E-state index in [4.69, 9.17) is 5.73 Å². The van der Waals surface area contributed by atoms with Crippen LogP contribution >= 0.6 is 0 Å². The summed E-state index contributed by atoms with van der Waals surface area (Å²) < 4.78 is 0. The molecule has 0 saturated carbocycles. The molecule has 3 aromatic rings. The second-order valence-corrected chi connectivity index (χ2v) is 4.36. The van der Waals surface area contributed by atoms with Crippen LogP contribution in [0.3, 0.4) is 0 Å². The first kappa shape index (κ1) is 12.1.